The molecule has 0 saturated carbocycles. The molecule has 1 aromatic carbocycles. The number of nitrogens with zero attached hydrogens (tertiary/aromatic N) is 1. The maximum absolute atomic E-state index is 12.2. The summed E-state index contributed by atoms with van der Waals surface area (Å²) < 4.78 is 5.05. The number of carboxylic acid groups (broad SMARTS) is 1. The molecule has 1 amide bonds. The number of unbranched alkanes of at least 4 members (excludes halogenated alkanes) is 1. The Labute approximate surface area is 158 Å². The van der Waals surface area contributed by atoms with Crippen molar-refractivity contribution in [2.45, 2.75) is 38.5 Å². The Morgan fingerprint density at radius 3 is 2.74 bits per heavy atom. The fourth-order valence-corrected chi connectivity index (χ4v) is 2.63. The predicted molar refractivity (Wildman–Crippen MR) is 99.8 cm³/mol. The summed E-state index contributed by atoms with van der Waals surface area (Å²) in [5.74, 6) is 4.97. The average Bonchev–Trinajstić information content (AvgIpc) is 2.65. The number of carbonyl (C=O) groups excluding carboxylic acids is 2. The number of carbonyl (C=O) groups is 3. The largest absolute Gasteiger partial charge is 0.481 e. The number of carboxylic acids is 1. The molecule has 1 N–H and O–H groups in total. The second kappa shape index (κ2) is 10.8. The van der Waals surface area contributed by atoms with E-state index in [0.29, 0.717) is 32.3 Å². The minimum atomic E-state index is -0.846. The highest BCUT2D eigenvalue weighted by Gasteiger charge is 2.23. The highest BCUT2D eigenvalue weighted by molar-refractivity contribution is 5.82. The summed E-state index contributed by atoms with van der Waals surface area (Å²) >= 11 is 0. The van der Waals surface area contributed by atoms with E-state index in [1.165, 1.54) is 4.90 Å². The van der Waals surface area contributed by atoms with E-state index in [1.54, 1.807) is 6.08 Å². The summed E-state index contributed by atoms with van der Waals surface area (Å²) in [7, 11) is 0. The monoisotopic (exact) mass is 369 g/mol. The minimum Gasteiger partial charge on any atom is -0.481 e. The summed E-state index contributed by atoms with van der Waals surface area (Å²) in [5.41, 5.74) is 1.71. The van der Waals surface area contributed by atoms with Crippen molar-refractivity contribution in [1.82, 2.24) is 4.90 Å². The number of hydrogen-bond acceptors (Lipinski definition) is 4. The van der Waals surface area contributed by atoms with Crippen LogP contribution in [-0.2, 0) is 20.7 Å². The van der Waals surface area contributed by atoms with Gasteiger partial charge in [0.25, 0.3) is 0 Å². The standard InChI is InChI=1S/C21H23NO5/c23-19(16-17-8-4-3-5-9-17)12-11-18-13-15-27-21(26)22(18)14-7-2-1-6-10-20(24)25/h3-5,8-9,11H,1,6,10,12-16H2,(H,24,25). The number of aliphatic carboxylic acids is 1. The van der Waals surface area contributed by atoms with Gasteiger partial charge in [0, 0.05) is 37.8 Å². The smallest absolute Gasteiger partial charge is 0.414 e. The average molecular weight is 369 g/mol. The van der Waals surface area contributed by atoms with Gasteiger partial charge in [-0.15, -0.1) is 5.92 Å². The van der Waals surface area contributed by atoms with Gasteiger partial charge in [-0.2, -0.15) is 0 Å². The SMILES string of the molecule is O=C(O)CCCC#CCN1C(=O)OCCC1=CCC(=O)Cc1ccccc1. The van der Waals surface area contributed by atoms with Crippen LogP contribution in [0.1, 0.15) is 37.7 Å². The van der Waals surface area contributed by atoms with Gasteiger partial charge in [-0.1, -0.05) is 42.3 Å². The van der Waals surface area contributed by atoms with E-state index >= 15 is 0 Å². The first-order valence-corrected chi connectivity index (χ1v) is 8.92. The van der Waals surface area contributed by atoms with Crippen LogP contribution in [0.2, 0.25) is 0 Å². The molecule has 0 atom stereocenters. The third-order valence-corrected chi connectivity index (χ3v) is 4.01. The second-order valence-corrected chi connectivity index (χ2v) is 6.15. The van der Waals surface area contributed by atoms with Crippen LogP contribution < -0.4 is 0 Å². The summed E-state index contributed by atoms with van der Waals surface area (Å²) in [6, 6.07) is 9.53. The van der Waals surface area contributed by atoms with Crippen molar-refractivity contribution in [2.75, 3.05) is 13.2 Å². The predicted octanol–water partition coefficient (Wildman–Crippen LogP) is 3.17. The van der Waals surface area contributed by atoms with Gasteiger partial charge in [0.2, 0.25) is 0 Å². The van der Waals surface area contributed by atoms with Crippen LogP contribution in [0.3, 0.4) is 0 Å². The second-order valence-electron chi connectivity index (χ2n) is 6.15. The first-order valence-electron chi connectivity index (χ1n) is 8.92. The van der Waals surface area contributed by atoms with Crippen LogP contribution in [0.5, 0.6) is 0 Å². The molecule has 1 saturated heterocycles. The van der Waals surface area contributed by atoms with Crippen LogP contribution in [0.15, 0.2) is 42.1 Å². The zero-order chi connectivity index (χ0) is 19.5. The van der Waals surface area contributed by atoms with Gasteiger partial charge in [0.15, 0.2) is 0 Å². The van der Waals surface area contributed by atoms with E-state index in [9.17, 15) is 14.4 Å². The lowest BCUT2D eigenvalue weighted by atomic mass is 10.1. The van der Waals surface area contributed by atoms with Crippen molar-refractivity contribution in [2.24, 2.45) is 0 Å². The number of allylic oxidation sites excluding steroid dienone is 1. The quantitative estimate of drug-likeness (QED) is 0.562. The van der Waals surface area contributed by atoms with E-state index < -0.39 is 12.1 Å². The Morgan fingerprint density at radius 1 is 1.22 bits per heavy atom. The fraction of sp³-hybridized carbons (Fsp3) is 0.381. The molecule has 142 valence electrons. The number of rotatable bonds is 8. The van der Waals surface area contributed by atoms with Crippen molar-refractivity contribution in [3.8, 4) is 11.8 Å². The highest BCUT2D eigenvalue weighted by Crippen LogP contribution is 2.18. The first kappa shape index (κ1) is 20.2. The molecular formula is C21H23NO5. The number of hydrogen-bond donors (Lipinski definition) is 1. The molecular weight excluding hydrogens is 346 g/mol. The van der Waals surface area contributed by atoms with Crippen LogP contribution in [-0.4, -0.2) is 41.0 Å². The Hall–Kier alpha value is -3.07. The fourth-order valence-electron chi connectivity index (χ4n) is 2.63. The Morgan fingerprint density at radius 2 is 2.00 bits per heavy atom. The van der Waals surface area contributed by atoms with Gasteiger partial charge in [0.05, 0.1) is 13.2 Å². The van der Waals surface area contributed by atoms with Crippen molar-refractivity contribution >= 4 is 17.8 Å². The molecule has 6 nitrogen and oxygen atoms in total. The third-order valence-electron chi connectivity index (χ3n) is 4.01. The highest BCUT2D eigenvalue weighted by atomic mass is 16.6. The summed E-state index contributed by atoms with van der Waals surface area (Å²) in [6.45, 7) is 0.463. The van der Waals surface area contributed by atoms with Crippen LogP contribution >= 0.6 is 0 Å². The molecule has 2 rings (SSSR count). The van der Waals surface area contributed by atoms with E-state index in [-0.39, 0.29) is 25.2 Å². The molecule has 6 heteroatoms. The molecule has 0 unspecified atom stereocenters. The Balaban J connectivity index is 1.89. The van der Waals surface area contributed by atoms with Gasteiger partial charge < -0.3 is 9.84 Å². The number of ketones is 1. The maximum Gasteiger partial charge on any atom is 0.414 e. The summed E-state index contributed by atoms with van der Waals surface area (Å²) in [6.07, 6.45) is 3.48. The van der Waals surface area contributed by atoms with E-state index in [2.05, 4.69) is 11.8 Å². The van der Waals surface area contributed by atoms with Gasteiger partial charge >= 0.3 is 12.1 Å². The molecule has 1 heterocycles. The van der Waals surface area contributed by atoms with Gasteiger partial charge in [-0.25, -0.2) is 4.79 Å². The maximum atomic E-state index is 12.2. The summed E-state index contributed by atoms with van der Waals surface area (Å²) in [4.78, 5) is 36.0. The van der Waals surface area contributed by atoms with E-state index in [0.717, 1.165) is 11.3 Å². The lowest BCUT2D eigenvalue weighted by molar-refractivity contribution is -0.137. The normalized spacial score (nSPS) is 15.0. The number of Topliss-reactive ketones (excluding diaryl/α,β-unsaturated/α-hetero) is 1. The molecule has 1 aromatic rings. The molecule has 27 heavy (non-hydrogen) atoms. The first-order chi connectivity index (χ1) is 13.1. The van der Waals surface area contributed by atoms with Crippen molar-refractivity contribution in [3.05, 3.63) is 47.7 Å². The van der Waals surface area contributed by atoms with Crippen LogP contribution in [0.25, 0.3) is 0 Å². The minimum absolute atomic E-state index is 0.0762. The molecule has 1 fully saturated rings. The van der Waals surface area contributed by atoms with Crippen LogP contribution in [0.4, 0.5) is 4.79 Å². The molecule has 0 aromatic heterocycles. The zero-order valence-corrected chi connectivity index (χ0v) is 15.1. The molecule has 0 spiro atoms. The Bertz CT molecular complexity index is 758. The molecule has 0 radical (unpaired) electrons. The van der Waals surface area contributed by atoms with Gasteiger partial charge in [-0.05, 0) is 12.0 Å². The van der Waals surface area contributed by atoms with Gasteiger partial charge in [0.1, 0.15) is 5.78 Å². The Kier molecular flexibility index (Phi) is 8.11. The van der Waals surface area contributed by atoms with Gasteiger partial charge in [-0.3, -0.25) is 14.5 Å². The summed E-state index contributed by atoms with van der Waals surface area (Å²) in [5, 5.41) is 8.59. The van der Waals surface area contributed by atoms with Crippen molar-refractivity contribution < 1.29 is 24.2 Å². The molecule has 0 aliphatic carbocycles. The third kappa shape index (κ3) is 7.37. The number of benzene rings is 1. The van der Waals surface area contributed by atoms with Crippen molar-refractivity contribution in [3.63, 3.8) is 0 Å². The zero-order valence-electron chi connectivity index (χ0n) is 15.1. The molecule has 0 bridgehead atoms. The van der Waals surface area contributed by atoms with E-state index in [4.69, 9.17) is 9.84 Å². The van der Waals surface area contributed by atoms with Crippen molar-refractivity contribution in [1.29, 1.82) is 0 Å². The van der Waals surface area contributed by atoms with Crippen LogP contribution in [0, 0.1) is 11.8 Å². The molecule has 1 aliphatic rings. The topological polar surface area (TPSA) is 83.9 Å². The molecule has 1 aliphatic heterocycles. The van der Waals surface area contributed by atoms with E-state index in [1.807, 2.05) is 30.3 Å². The number of ether oxygens (including phenoxy) is 1. The number of amides is 1. The number of cyclic esters (lactones) is 1. The lowest BCUT2D eigenvalue weighted by Crippen LogP contribution is -2.36. The lowest BCUT2D eigenvalue weighted by Gasteiger charge is -2.27.